The molecule has 4 rings (SSSR count). The molecule has 1 fully saturated rings. The fraction of sp³-hybridized carbons (Fsp3) is 0.192. The van der Waals surface area contributed by atoms with Gasteiger partial charge in [0.05, 0.1) is 7.11 Å². The van der Waals surface area contributed by atoms with Gasteiger partial charge in [-0.2, -0.15) is 0 Å². The van der Waals surface area contributed by atoms with E-state index in [1.165, 1.54) is 18.4 Å². The summed E-state index contributed by atoms with van der Waals surface area (Å²) >= 11 is 3.31. The van der Waals surface area contributed by atoms with Crippen molar-refractivity contribution in [2.45, 2.75) is 12.8 Å². The number of esters is 1. The van der Waals surface area contributed by atoms with Crippen LogP contribution in [0, 0.1) is 0 Å². The number of rotatable bonds is 4. The van der Waals surface area contributed by atoms with E-state index in [2.05, 4.69) is 27.4 Å². The third kappa shape index (κ3) is 6.72. The number of methoxy groups -OCH3 is 1. The Bertz CT molecular complexity index is 993. The third-order valence-electron chi connectivity index (χ3n) is 4.93. The van der Waals surface area contributed by atoms with Gasteiger partial charge in [0.15, 0.2) is 0 Å². The standard InChI is InChI=1S/C20H21NO3.C6H5Br/c1-15-11-13-21(14-12-15)16-7-9-17(10-8-16)24-19-6-4-3-5-18(19)20(22)23-2;7-6-4-2-1-3-5-6/h3-10H,1,11-14H2,2H3;1-5H. The second-order valence-electron chi connectivity index (χ2n) is 7.12. The van der Waals surface area contributed by atoms with Crippen molar-refractivity contribution in [2.24, 2.45) is 0 Å². The molecular formula is C26H26BrNO3. The Morgan fingerprint density at radius 2 is 1.52 bits per heavy atom. The van der Waals surface area contributed by atoms with E-state index in [0.717, 1.165) is 30.4 Å². The minimum Gasteiger partial charge on any atom is -0.465 e. The highest BCUT2D eigenvalue weighted by atomic mass is 79.9. The largest absolute Gasteiger partial charge is 0.465 e. The molecule has 3 aromatic rings. The lowest BCUT2D eigenvalue weighted by Crippen LogP contribution is -2.30. The van der Waals surface area contributed by atoms with Crippen LogP contribution in [-0.4, -0.2) is 26.2 Å². The number of carbonyl (C=O) groups excluding carboxylic acids is 1. The quantitative estimate of drug-likeness (QED) is 0.302. The van der Waals surface area contributed by atoms with Crippen LogP contribution >= 0.6 is 15.9 Å². The number of hydrogen-bond donors (Lipinski definition) is 0. The highest BCUT2D eigenvalue weighted by Gasteiger charge is 2.15. The second-order valence-corrected chi connectivity index (χ2v) is 8.03. The van der Waals surface area contributed by atoms with Crippen LogP contribution in [0.25, 0.3) is 0 Å². The van der Waals surface area contributed by atoms with Gasteiger partial charge in [-0.25, -0.2) is 4.79 Å². The van der Waals surface area contributed by atoms with Gasteiger partial charge >= 0.3 is 5.97 Å². The molecule has 1 heterocycles. The molecule has 1 aliphatic heterocycles. The number of benzene rings is 3. The predicted molar refractivity (Wildman–Crippen MR) is 129 cm³/mol. The molecular weight excluding hydrogens is 454 g/mol. The molecule has 0 spiro atoms. The van der Waals surface area contributed by atoms with E-state index in [1.807, 2.05) is 60.7 Å². The Morgan fingerprint density at radius 1 is 0.903 bits per heavy atom. The number of ether oxygens (including phenoxy) is 2. The van der Waals surface area contributed by atoms with E-state index in [4.69, 9.17) is 9.47 Å². The molecule has 0 radical (unpaired) electrons. The van der Waals surface area contributed by atoms with Gasteiger partial charge in [-0.05, 0) is 61.4 Å². The lowest BCUT2D eigenvalue weighted by molar-refractivity contribution is 0.0598. The maximum Gasteiger partial charge on any atom is 0.341 e. The molecule has 0 amide bonds. The van der Waals surface area contributed by atoms with Gasteiger partial charge in [0.25, 0.3) is 0 Å². The molecule has 0 unspecified atom stereocenters. The van der Waals surface area contributed by atoms with Crippen molar-refractivity contribution in [3.63, 3.8) is 0 Å². The number of hydrogen-bond acceptors (Lipinski definition) is 4. The summed E-state index contributed by atoms with van der Waals surface area (Å²) in [6.07, 6.45) is 2.09. The first-order valence-corrected chi connectivity index (χ1v) is 10.9. The molecule has 3 aromatic carbocycles. The molecule has 4 nitrogen and oxygen atoms in total. The molecule has 0 aromatic heterocycles. The van der Waals surface area contributed by atoms with Gasteiger partial charge in [0.1, 0.15) is 17.1 Å². The zero-order valence-corrected chi connectivity index (χ0v) is 19.2. The van der Waals surface area contributed by atoms with Crippen LogP contribution in [0.3, 0.4) is 0 Å². The molecule has 31 heavy (non-hydrogen) atoms. The van der Waals surface area contributed by atoms with Crippen molar-refractivity contribution in [3.8, 4) is 11.5 Å². The number of anilines is 1. The minimum absolute atomic E-state index is 0.407. The lowest BCUT2D eigenvalue weighted by atomic mass is 10.1. The first-order valence-electron chi connectivity index (χ1n) is 10.1. The summed E-state index contributed by atoms with van der Waals surface area (Å²) < 4.78 is 11.8. The van der Waals surface area contributed by atoms with E-state index in [1.54, 1.807) is 18.2 Å². The average molecular weight is 480 g/mol. The normalized spacial score (nSPS) is 13.1. The van der Waals surface area contributed by atoms with Crippen molar-refractivity contribution in [2.75, 3.05) is 25.1 Å². The molecule has 0 bridgehead atoms. The molecule has 5 heteroatoms. The van der Waals surface area contributed by atoms with Crippen LogP contribution in [-0.2, 0) is 4.74 Å². The van der Waals surface area contributed by atoms with Gasteiger partial charge in [0.2, 0.25) is 0 Å². The van der Waals surface area contributed by atoms with E-state index in [9.17, 15) is 4.79 Å². The van der Waals surface area contributed by atoms with Crippen molar-refractivity contribution in [1.82, 2.24) is 0 Å². The van der Waals surface area contributed by atoms with Gasteiger partial charge in [-0.15, -0.1) is 0 Å². The Morgan fingerprint density at radius 3 is 2.10 bits per heavy atom. The maximum atomic E-state index is 11.8. The fourth-order valence-corrected chi connectivity index (χ4v) is 3.49. The first kappa shape index (κ1) is 22.6. The van der Waals surface area contributed by atoms with Crippen LogP contribution < -0.4 is 9.64 Å². The molecule has 0 atom stereocenters. The maximum absolute atomic E-state index is 11.8. The smallest absolute Gasteiger partial charge is 0.341 e. The summed E-state index contributed by atoms with van der Waals surface area (Å²) in [7, 11) is 1.36. The number of para-hydroxylation sites is 1. The number of carbonyl (C=O) groups is 1. The van der Waals surface area contributed by atoms with Crippen molar-refractivity contribution < 1.29 is 14.3 Å². The van der Waals surface area contributed by atoms with E-state index < -0.39 is 5.97 Å². The zero-order chi connectivity index (χ0) is 22.1. The highest BCUT2D eigenvalue weighted by molar-refractivity contribution is 9.10. The van der Waals surface area contributed by atoms with Crippen molar-refractivity contribution in [1.29, 1.82) is 0 Å². The van der Waals surface area contributed by atoms with Gasteiger partial charge < -0.3 is 14.4 Å². The average Bonchev–Trinajstić information content (AvgIpc) is 2.81. The Hall–Kier alpha value is -3.05. The summed E-state index contributed by atoms with van der Waals surface area (Å²) in [4.78, 5) is 14.1. The Balaban J connectivity index is 0.000000330. The second kappa shape index (κ2) is 11.4. The Labute approximate surface area is 192 Å². The zero-order valence-electron chi connectivity index (χ0n) is 17.6. The van der Waals surface area contributed by atoms with Crippen LogP contribution in [0.15, 0.2) is 95.5 Å². The van der Waals surface area contributed by atoms with Crippen molar-refractivity contribution in [3.05, 3.63) is 101 Å². The van der Waals surface area contributed by atoms with Crippen LogP contribution in [0.5, 0.6) is 11.5 Å². The monoisotopic (exact) mass is 479 g/mol. The highest BCUT2D eigenvalue weighted by Crippen LogP contribution is 2.29. The van der Waals surface area contributed by atoms with Gasteiger partial charge in [0, 0.05) is 23.2 Å². The molecule has 1 aliphatic rings. The summed E-state index contributed by atoms with van der Waals surface area (Å²) in [5.74, 6) is 0.777. The SMILES string of the molecule is Brc1ccccc1.C=C1CCN(c2ccc(Oc3ccccc3C(=O)OC)cc2)CC1. The predicted octanol–water partition coefficient (Wildman–Crippen LogP) is 6.87. The fourth-order valence-electron chi connectivity index (χ4n) is 3.18. The molecule has 1 saturated heterocycles. The summed E-state index contributed by atoms with van der Waals surface area (Å²) in [6.45, 7) is 6.06. The van der Waals surface area contributed by atoms with Crippen molar-refractivity contribution >= 4 is 27.6 Å². The molecule has 0 saturated carbocycles. The van der Waals surface area contributed by atoms with E-state index in [-0.39, 0.29) is 0 Å². The van der Waals surface area contributed by atoms with Gasteiger partial charge in [-0.3, -0.25) is 0 Å². The van der Waals surface area contributed by atoms with Gasteiger partial charge in [-0.1, -0.05) is 58.4 Å². The van der Waals surface area contributed by atoms with E-state index in [0.29, 0.717) is 17.1 Å². The Kier molecular flexibility index (Phi) is 8.30. The lowest BCUT2D eigenvalue weighted by Gasteiger charge is -2.30. The van der Waals surface area contributed by atoms with Crippen LogP contribution in [0.2, 0.25) is 0 Å². The van der Waals surface area contributed by atoms with Crippen LogP contribution in [0.4, 0.5) is 5.69 Å². The number of piperidine rings is 1. The first-order chi connectivity index (χ1) is 15.1. The third-order valence-corrected chi connectivity index (χ3v) is 5.45. The molecule has 0 aliphatic carbocycles. The summed E-state index contributed by atoms with van der Waals surface area (Å²) in [5, 5.41) is 0. The summed E-state index contributed by atoms with van der Waals surface area (Å²) in [6, 6.07) is 25.0. The summed E-state index contributed by atoms with van der Waals surface area (Å²) in [5.41, 5.74) is 2.92. The minimum atomic E-state index is -0.407. The molecule has 160 valence electrons. The van der Waals surface area contributed by atoms with Crippen LogP contribution in [0.1, 0.15) is 23.2 Å². The van der Waals surface area contributed by atoms with E-state index >= 15 is 0 Å². The number of halogens is 1. The molecule has 0 N–H and O–H groups in total. The topological polar surface area (TPSA) is 38.8 Å². The number of nitrogens with zero attached hydrogens (tertiary/aromatic N) is 1.